The fourth-order valence-electron chi connectivity index (χ4n) is 1.30. The summed E-state index contributed by atoms with van der Waals surface area (Å²) in [5.74, 6) is 1.13. The molecule has 1 amide bonds. The van der Waals surface area contributed by atoms with E-state index in [4.69, 9.17) is 5.73 Å². The first kappa shape index (κ1) is 15.8. The van der Waals surface area contributed by atoms with E-state index in [-0.39, 0.29) is 11.7 Å². The number of rotatable bonds is 7. The van der Waals surface area contributed by atoms with Crippen molar-refractivity contribution in [3.05, 3.63) is 24.3 Å². The normalized spacial score (nSPS) is 11.2. The van der Waals surface area contributed by atoms with Crippen LogP contribution in [0.15, 0.2) is 24.3 Å². The molecule has 0 saturated carbocycles. The van der Waals surface area contributed by atoms with E-state index in [1.54, 1.807) is 24.3 Å². The molecule has 1 aromatic rings. The summed E-state index contributed by atoms with van der Waals surface area (Å²) in [6.45, 7) is 0. The van der Waals surface area contributed by atoms with Crippen LogP contribution < -0.4 is 11.1 Å². The lowest BCUT2D eigenvalue weighted by Crippen LogP contribution is -2.14. The summed E-state index contributed by atoms with van der Waals surface area (Å²) in [5, 5.41) is 2.72. The van der Waals surface area contributed by atoms with Crippen LogP contribution in [0.1, 0.15) is 6.42 Å². The minimum absolute atomic E-state index is 0.121. The molecule has 0 radical (unpaired) electrons. The molecule has 0 saturated heterocycles. The molecule has 0 unspecified atom stereocenters. The predicted molar refractivity (Wildman–Crippen MR) is 81.1 cm³/mol. The number of para-hydroxylation sites is 2. The smallest absolute Gasteiger partial charge is 0.225 e. The Labute approximate surface area is 117 Å². The number of amides is 1. The first-order valence-corrected chi connectivity index (χ1v) is 9.00. The van der Waals surface area contributed by atoms with Crippen LogP contribution in [0.3, 0.4) is 0 Å². The molecule has 0 atom stereocenters. The maximum Gasteiger partial charge on any atom is 0.225 e. The largest absolute Gasteiger partial charge is 0.397 e. The molecule has 0 aliphatic heterocycles. The van der Waals surface area contributed by atoms with Gasteiger partial charge in [-0.15, -0.1) is 0 Å². The average molecular weight is 302 g/mol. The molecular weight excluding hydrogens is 284 g/mol. The number of anilines is 2. The van der Waals surface area contributed by atoms with Gasteiger partial charge >= 0.3 is 0 Å². The highest BCUT2D eigenvalue weighted by atomic mass is 32.2. The summed E-state index contributed by atoms with van der Waals surface area (Å²) >= 11 is 1.45. The maximum atomic E-state index is 11.6. The summed E-state index contributed by atoms with van der Waals surface area (Å²) in [6, 6.07) is 7.05. The van der Waals surface area contributed by atoms with E-state index in [1.165, 1.54) is 18.0 Å². The first-order valence-electron chi connectivity index (χ1n) is 5.78. The van der Waals surface area contributed by atoms with Gasteiger partial charge in [0, 0.05) is 24.2 Å². The quantitative estimate of drug-likeness (QED) is 0.586. The summed E-state index contributed by atoms with van der Waals surface area (Å²) in [5.41, 5.74) is 6.84. The van der Waals surface area contributed by atoms with E-state index in [2.05, 4.69) is 5.32 Å². The second-order valence-corrected chi connectivity index (χ2v) is 7.61. The lowest BCUT2D eigenvalue weighted by atomic mass is 10.2. The molecule has 106 valence electrons. The molecule has 0 bridgehead atoms. The molecule has 0 spiro atoms. The molecule has 5 nitrogen and oxygen atoms in total. The van der Waals surface area contributed by atoms with E-state index < -0.39 is 9.84 Å². The number of hydrogen-bond acceptors (Lipinski definition) is 5. The van der Waals surface area contributed by atoms with Gasteiger partial charge in [-0.2, -0.15) is 11.8 Å². The zero-order valence-electron chi connectivity index (χ0n) is 10.8. The molecule has 7 heteroatoms. The van der Waals surface area contributed by atoms with E-state index in [0.717, 1.165) is 0 Å². The summed E-state index contributed by atoms with van der Waals surface area (Å²) in [6.07, 6.45) is 1.54. The number of hydrogen-bond donors (Lipinski definition) is 2. The highest BCUT2D eigenvalue weighted by Gasteiger charge is 2.06. The van der Waals surface area contributed by atoms with Crippen LogP contribution in [-0.2, 0) is 14.6 Å². The van der Waals surface area contributed by atoms with Crippen molar-refractivity contribution >= 4 is 38.9 Å². The molecule has 1 rings (SSSR count). The van der Waals surface area contributed by atoms with Crippen molar-refractivity contribution in [2.24, 2.45) is 0 Å². The molecule has 3 N–H and O–H groups in total. The number of sulfone groups is 1. The molecular formula is C12H18N2O3S2. The standard InChI is InChI=1S/C12H18N2O3S2/c1-19(16,17)9-8-18-7-6-12(15)14-11-5-3-2-4-10(11)13/h2-5H,6-9,13H2,1H3,(H,14,15). The summed E-state index contributed by atoms with van der Waals surface area (Å²) < 4.78 is 21.8. The zero-order valence-corrected chi connectivity index (χ0v) is 12.4. The fourth-order valence-corrected chi connectivity index (χ4v) is 3.52. The van der Waals surface area contributed by atoms with Crippen molar-refractivity contribution in [3.8, 4) is 0 Å². The Kier molecular flexibility index (Phi) is 6.17. The number of nitrogens with two attached hydrogens (primary N) is 1. The number of benzene rings is 1. The van der Waals surface area contributed by atoms with Crippen molar-refractivity contribution in [2.45, 2.75) is 6.42 Å². The third-order valence-corrected chi connectivity index (χ3v) is 4.50. The Morgan fingerprint density at radius 3 is 2.63 bits per heavy atom. The van der Waals surface area contributed by atoms with Crippen LogP contribution in [0.5, 0.6) is 0 Å². The fraction of sp³-hybridized carbons (Fsp3) is 0.417. The van der Waals surface area contributed by atoms with Gasteiger partial charge in [0.25, 0.3) is 0 Å². The highest BCUT2D eigenvalue weighted by molar-refractivity contribution is 8.00. The topological polar surface area (TPSA) is 89.3 Å². The highest BCUT2D eigenvalue weighted by Crippen LogP contribution is 2.17. The molecule has 0 aliphatic carbocycles. The van der Waals surface area contributed by atoms with Gasteiger partial charge in [-0.1, -0.05) is 12.1 Å². The van der Waals surface area contributed by atoms with Gasteiger partial charge in [-0.25, -0.2) is 8.42 Å². The molecule has 19 heavy (non-hydrogen) atoms. The maximum absolute atomic E-state index is 11.6. The molecule has 0 aromatic heterocycles. The number of carbonyl (C=O) groups excluding carboxylic acids is 1. The zero-order chi connectivity index (χ0) is 14.3. The third-order valence-electron chi connectivity index (χ3n) is 2.31. The van der Waals surface area contributed by atoms with Crippen LogP contribution in [0, 0.1) is 0 Å². The van der Waals surface area contributed by atoms with Crippen molar-refractivity contribution in [3.63, 3.8) is 0 Å². The van der Waals surface area contributed by atoms with Crippen molar-refractivity contribution < 1.29 is 13.2 Å². The Hall–Kier alpha value is -1.21. The number of nitrogen functional groups attached to an aromatic ring is 1. The Bertz CT molecular complexity index is 530. The van der Waals surface area contributed by atoms with E-state index in [9.17, 15) is 13.2 Å². The Balaban J connectivity index is 2.24. The van der Waals surface area contributed by atoms with Crippen LogP contribution >= 0.6 is 11.8 Å². The minimum Gasteiger partial charge on any atom is -0.397 e. The van der Waals surface area contributed by atoms with Gasteiger partial charge < -0.3 is 11.1 Å². The van der Waals surface area contributed by atoms with E-state index >= 15 is 0 Å². The minimum atomic E-state index is -2.92. The van der Waals surface area contributed by atoms with Gasteiger partial charge in [0.15, 0.2) is 0 Å². The van der Waals surface area contributed by atoms with Gasteiger partial charge in [-0.05, 0) is 12.1 Å². The molecule has 0 heterocycles. The van der Waals surface area contributed by atoms with E-state index in [1.807, 2.05) is 0 Å². The SMILES string of the molecule is CS(=O)(=O)CCSCCC(=O)Nc1ccccc1N. The average Bonchev–Trinajstić information content (AvgIpc) is 2.30. The second-order valence-electron chi connectivity index (χ2n) is 4.13. The van der Waals surface area contributed by atoms with Crippen LogP contribution in [-0.4, -0.2) is 37.8 Å². The first-order chi connectivity index (χ1) is 8.88. The van der Waals surface area contributed by atoms with Crippen LogP contribution in [0.2, 0.25) is 0 Å². The van der Waals surface area contributed by atoms with Crippen LogP contribution in [0.4, 0.5) is 11.4 Å². The molecule has 0 aliphatic rings. The number of carbonyl (C=O) groups is 1. The van der Waals surface area contributed by atoms with Crippen LogP contribution in [0.25, 0.3) is 0 Å². The van der Waals surface area contributed by atoms with Crippen molar-refractivity contribution in [1.82, 2.24) is 0 Å². The number of nitrogens with one attached hydrogen (secondary N) is 1. The third kappa shape index (κ3) is 7.07. The Morgan fingerprint density at radius 1 is 1.32 bits per heavy atom. The van der Waals surface area contributed by atoms with Gasteiger partial charge in [0.2, 0.25) is 5.91 Å². The van der Waals surface area contributed by atoms with Gasteiger partial charge in [0.05, 0.1) is 17.1 Å². The Morgan fingerprint density at radius 2 is 2.00 bits per heavy atom. The van der Waals surface area contributed by atoms with Gasteiger partial charge in [0.1, 0.15) is 9.84 Å². The van der Waals surface area contributed by atoms with E-state index in [0.29, 0.717) is 29.3 Å². The second kappa shape index (κ2) is 7.40. The molecule has 1 aromatic carbocycles. The lowest BCUT2D eigenvalue weighted by molar-refractivity contribution is -0.115. The summed E-state index contributed by atoms with van der Waals surface area (Å²) in [7, 11) is -2.92. The van der Waals surface area contributed by atoms with Crippen molar-refractivity contribution in [1.29, 1.82) is 0 Å². The van der Waals surface area contributed by atoms with Crippen molar-refractivity contribution in [2.75, 3.05) is 34.6 Å². The monoisotopic (exact) mass is 302 g/mol. The number of thioether (sulfide) groups is 1. The van der Waals surface area contributed by atoms with Gasteiger partial charge in [-0.3, -0.25) is 4.79 Å². The molecule has 0 fully saturated rings. The lowest BCUT2D eigenvalue weighted by Gasteiger charge is -2.07. The predicted octanol–water partition coefficient (Wildman–Crippen LogP) is 1.38. The summed E-state index contributed by atoms with van der Waals surface area (Å²) in [4.78, 5) is 11.6.